The minimum absolute atomic E-state index is 0.597. The van der Waals surface area contributed by atoms with Crippen molar-refractivity contribution in [2.45, 2.75) is 44.2 Å². The van der Waals surface area contributed by atoms with E-state index < -0.39 is 0 Å². The summed E-state index contributed by atoms with van der Waals surface area (Å²) in [5.41, 5.74) is 1.42. The Bertz CT molecular complexity index is 419. The predicted octanol–water partition coefficient (Wildman–Crippen LogP) is 3.60. The molecule has 2 saturated heterocycles. The molecule has 1 N–H and O–H groups in total. The Morgan fingerprint density at radius 3 is 2.79 bits per heavy atom. The molecule has 104 valence electrons. The van der Waals surface area contributed by atoms with Crippen LogP contribution in [-0.4, -0.2) is 25.3 Å². The van der Waals surface area contributed by atoms with Crippen LogP contribution in [0.25, 0.3) is 0 Å². The predicted molar refractivity (Wildman–Crippen MR) is 78.7 cm³/mol. The molecule has 3 rings (SSSR count). The van der Waals surface area contributed by atoms with Crippen LogP contribution in [0.5, 0.6) is 0 Å². The van der Waals surface area contributed by atoms with Gasteiger partial charge in [-0.15, -0.1) is 0 Å². The van der Waals surface area contributed by atoms with Crippen LogP contribution < -0.4 is 5.32 Å². The molecule has 1 aromatic carbocycles. The fourth-order valence-electron chi connectivity index (χ4n) is 3.71. The number of benzene rings is 1. The van der Waals surface area contributed by atoms with E-state index in [0.717, 1.165) is 18.2 Å². The highest BCUT2D eigenvalue weighted by atomic mass is 35.5. The van der Waals surface area contributed by atoms with Crippen molar-refractivity contribution in [2.24, 2.45) is 5.92 Å². The second-order valence-electron chi connectivity index (χ2n) is 5.76. The first-order chi connectivity index (χ1) is 9.28. The Morgan fingerprint density at radius 2 is 2.05 bits per heavy atom. The average Bonchev–Trinajstić information content (AvgIpc) is 2.81. The van der Waals surface area contributed by atoms with Gasteiger partial charge in [0.2, 0.25) is 0 Å². The Morgan fingerprint density at radius 1 is 1.26 bits per heavy atom. The van der Waals surface area contributed by atoms with Gasteiger partial charge in [-0.25, -0.2) is 0 Å². The smallest absolute Gasteiger partial charge is 0.0514 e. The molecule has 2 nitrogen and oxygen atoms in total. The summed E-state index contributed by atoms with van der Waals surface area (Å²) >= 11 is 6.00. The number of halogens is 1. The van der Waals surface area contributed by atoms with Crippen molar-refractivity contribution in [3.8, 4) is 0 Å². The summed E-state index contributed by atoms with van der Waals surface area (Å²) in [6.45, 7) is 3.75. The average molecular weight is 280 g/mol. The van der Waals surface area contributed by atoms with Crippen LogP contribution >= 0.6 is 11.6 Å². The Hall–Kier alpha value is -0.570. The number of ether oxygens (including phenoxy) is 1. The third-order valence-corrected chi connectivity index (χ3v) is 4.91. The zero-order chi connectivity index (χ0) is 13.2. The molecule has 4 atom stereocenters. The first-order valence-corrected chi connectivity index (χ1v) is 7.75. The number of nitrogens with one attached hydrogen (secondary N) is 1. The van der Waals surface area contributed by atoms with Gasteiger partial charge in [0, 0.05) is 29.6 Å². The maximum absolute atomic E-state index is 6.00. The normalized spacial score (nSPS) is 33.6. The lowest BCUT2D eigenvalue weighted by Crippen LogP contribution is -2.46. The van der Waals surface area contributed by atoms with Gasteiger partial charge in [0.05, 0.1) is 6.61 Å². The lowest BCUT2D eigenvalue weighted by molar-refractivity contribution is 0.0723. The van der Waals surface area contributed by atoms with E-state index in [1.54, 1.807) is 0 Å². The molecular formula is C16H22ClNO. The third kappa shape index (κ3) is 2.81. The van der Waals surface area contributed by atoms with Gasteiger partial charge in [0.15, 0.2) is 0 Å². The Labute approximate surface area is 120 Å². The molecule has 0 aromatic heterocycles. The summed E-state index contributed by atoms with van der Waals surface area (Å²) in [7, 11) is 0. The Balaban J connectivity index is 1.81. The molecule has 1 unspecified atom stereocenters. The monoisotopic (exact) mass is 279 g/mol. The van der Waals surface area contributed by atoms with Gasteiger partial charge in [-0.2, -0.15) is 0 Å². The molecule has 1 aromatic rings. The third-order valence-electron chi connectivity index (χ3n) is 4.66. The second kappa shape index (κ2) is 5.82. The first kappa shape index (κ1) is 13.4. The van der Waals surface area contributed by atoms with Crippen molar-refractivity contribution >= 4 is 11.6 Å². The van der Waals surface area contributed by atoms with Gasteiger partial charge >= 0.3 is 0 Å². The lowest BCUT2D eigenvalue weighted by Gasteiger charge is -2.38. The van der Waals surface area contributed by atoms with Gasteiger partial charge in [-0.05, 0) is 49.8 Å². The van der Waals surface area contributed by atoms with Crippen LogP contribution in [0.15, 0.2) is 24.3 Å². The molecule has 3 heteroatoms. The fraction of sp³-hybridized carbons (Fsp3) is 0.625. The van der Waals surface area contributed by atoms with Crippen LogP contribution in [-0.2, 0) is 4.74 Å². The maximum Gasteiger partial charge on any atom is 0.0514 e. The van der Waals surface area contributed by atoms with Crippen LogP contribution in [0.1, 0.15) is 37.7 Å². The molecule has 2 aliphatic heterocycles. The first-order valence-electron chi connectivity index (χ1n) is 7.37. The molecule has 0 amide bonds. The molecule has 0 radical (unpaired) electrons. The largest absolute Gasteiger partial charge is 0.381 e. The zero-order valence-corrected chi connectivity index (χ0v) is 12.2. The van der Waals surface area contributed by atoms with Crippen molar-refractivity contribution in [1.29, 1.82) is 0 Å². The van der Waals surface area contributed by atoms with Crippen LogP contribution in [0, 0.1) is 5.92 Å². The topological polar surface area (TPSA) is 21.3 Å². The SMILES string of the molecule is CCOC[C@@H]1[C@@H](c2ccc(Cl)cc2)CC2CC[C@H]1N2. The van der Waals surface area contributed by atoms with Gasteiger partial charge < -0.3 is 10.1 Å². The fourth-order valence-corrected chi connectivity index (χ4v) is 3.84. The minimum atomic E-state index is 0.597. The molecule has 0 spiro atoms. The molecule has 2 fully saturated rings. The lowest BCUT2D eigenvalue weighted by atomic mass is 9.77. The number of hydrogen-bond acceptors (Lipinski definition) is 2. The standard InChI is InChI=1S/C16H22ClNO/c1-2-19-10-15-14(9-13-7-8-16(15)18-13)11-3-5-12(17)6-4-11/h3-6,13-16,18H,2,7-10H2,1H3/t13?,14-,15-,16-/m1/s1. The van der Waals surface area contributed by atoms with Crippen molar-refractivity contribution in [2.75, 3.05) is 13.2 Å². The van der Waals surface area contributed by atoms with Crippen LogP contribution in [0.2, 0.25) is 5.02 Å². The molecule has 0 saturated carbocycles. The van der Waals surface area contributed by atoms with E-state index in [-0.39, 0.29) is 0 Å². The molecule has 2 bridgehead atoms. The number of hydrogen-bond donors (Lipinski definition) is 1. The van der Waals surface area contributed by atoms with Gasteiger partial charge in [0.1, 0.15) is 0 Å². The van der Waals surface area contributed by atoms with Crippen molar-refractivity contribution in [1.82, 2.24) is 5.32 Å². The number of fused-ring (bicyclic) bond motifs is 2. The van der Waals surface area contributed by atoms with Crippen LogP contribution in [0.3, 0.4) is 0 Å². The number of piperidine rings is 1. The van der Waals surface area contributed by atoms with E-state index in [9.17, 15) is 0 Å². The highest BCUT2D eigenvalue weighted by Crippen LogP contribution is 2.42. The highest BCUT2D eigenvalue weighted by molar-refractivity contribution is 6.30. The van der Waals surface area contributed by atoms with Crippen LogP contribution in [0.4, 0.5) is 0 Å². The maximum atomic E-state index is 6.00. The quantitative estimate of drug-likeness (QED) is 0.909. The molecule has 2 heterocycles. The van der Waals surface area contributed by atoms with Gasteiger partial charge in [-0.1, -0.05) is 23.7 Å². The van der Waals surface area contributed by atoms with E-state index in [0.29, 0.717) is 23.9 Å². The van der Waals surface area contributed by atoms with E-state index >= 15 is 0 Å². The van der Waals surface area contributed by atoms with E-state index in [1.807, 2.05) is 12.1 Å². The molecule has 2 aliphatic rings. The summed E-state index contributed by atoms with van der Waals surface area (Å²) < 4.78 is 5.73. The summed E-state index contributed by atoms with van der Waals surface area (Å²) in [6, 6.07) is 9.74. The van der Waals surface area contributed by atoms with Gasteiger partial charge in [0.25, 0.3) is 0 Å². The van der Waals surface area contributed by atoms with E-state index in [4.69, 9.17) is 16.3 Å². The highest BCUT2D eigenvalue weighted by Gasteiger charge is 2.41. The summed E-state index contributed by atoms with van der Waals surface area (Å²) in [6.07, 6.45) is 3.85. The second-order valence-corrected chi connectivity index (χ2v) is 6.20. The van der Waals surface area contributed by atoms with E-state index in [1.165, 1.54) is 24.8 Å². The molecule has 0 aliphatic carbocycles. The van der Waals surface area contributed by atoms with Crippen molar-refractivity contribution in [3.63, 3.8) is 0 Å². The van der Waals surface area contributed by atoms with Crippen molar-refractivity contribution < 1.29 is 4.74 Å². The molecule has 19 heavy (non-hydrogen) atoms. The summed E-state index contributed by atoms with van der Waals surface area (Å²) in [5.74, 6) is 1.21. The number of rotatable bonds is 4. The van der Waals surface area contributed by atoms with Crippen molar-refractivity contribution in [3.05, 3.63) is 34.9 Å². The van der Waals surface area contributed by atoms with E-state index in [2.05, 4.69) is 24.4 Å². The zero-order valence-electron chi connectivity index (χ0n) is 11.4. The summed E-state index contributed by atoms with van der Waals surface area (Å²) in [4.78, 5) is 0. The molecular weight excluding hydrogens is 258 g/mol. The summed E-state index contributed by atoms with van der Waals surface area (Å²) in [5, 5.41) is 4.58. The Kier molecular flexibility index (Phi) is 4.11. The minimum Gasteiger partial charge on any atom is -0.381 e. The van der Waals surface area contributed by atoms with Gasteiger partial charge in [-0.3, -0.25) is 0 Å².